The number of carbonyl (C=O) groups excluding carboxylic acids is 1. The van der Waals surface area contributed by atoms with E-state index in [0.717, 1.165) is 11.1 Å². The summed E-state index contributed by atoms with van der Waals surface area (Å²) in [6, 6.07) is 15.8. The van der Waals surface area contributed by atoms with Crippen LogP contribution in [-0.2, 0) is 6.42 Å². The van der Waals surface area contributed by atoms with Crippen LogP contribution in [-0.4, -0.2) is 35.4 Å². The maximum Gasteiger partial charge on any atom is 0.323 e. The lowest BCUT2D eigenvalue weighted by Crippen LogP contribution is -2.20. The van der Waals surface area contributed by atoms with Crippen LogP contribution < -0.4 is 20.1 Å². The lowest BCUT2D eigenvalue weighted by molar-refractivity contribution is 0.262. The topological polar surface area (TPSA) is 111 Å². The van der Waals surface area contributed by atoms with E-state index in [1.807, 2.05) is 30.3 Å². The van der Waals surface area contributed by atoms with Crippen LogP contribution in [0, 0.1) is 0 Å². The average Bonchev–Trinajstić information content (AvgIpc) is 3.29. The highest BCUT2D eigenvalue weighted by molar-refractivity contribution is 6.00. The molecule has 4 rings (SSSR count). The zero-order valence-electron chi connectivity index (χ0n) is 17.5. The van der Waals surface area contributed by atoms with E-state index in [9.17, 15) is 4.79 Å². The Labute approximate surface area is 184 Å². The molecular weight excluding hydrogens is 410 g/mol. The number of pyridine rings is 1. The van der Waals surface area contributed by atoms with Crippen molar-refractivity contribution < 1.29 is 18.8 Å². The molecule has 0 saturated carbocycles. The molecule has 9 heteroatoms. The molecular formula is C23H21N5O4. The SMILES string of the molecule is COc1cc(NC(=O)Nc2ccccc2Cc2nc(-c3ccncc3)no2)cc(OC)c1. The van der Waals surface area contributed by atoms with Crippen LogP contribution in [0.15, 0.2) is 71.5 Å². The van der Waals surface area contributed by atoms with E-state index in [1.54, 1.807) is 50.9 Å². The standard InChI is InChI=1S/C23H21N5O4/c1-30-18-12-17(13-19(14-18)31-2)25-23(29)26-20-6-4-3-5-16(20)11-21-27-22(28-32-21)15-7-9-24-10-8-15/h3-10,12-14H,11H2,1-2H3,(H2,25,26,29). The van der Waals surface area contributed by atoms with Gasteiger partial charge in [-0.2, -0.15) is 4.98 Å². The van der Waals surface area contributed by atoms with E-state index >= 15 is 0 Å². The number of rotatable bonds is 7. The van der Waals surface area contributed by atoms with Gasteiger partial charge in [0.2, 0.25) is 11.7 Å². The van der Waals surface area contributed by atoms with E-state index in [0.29, 0.717) is 41.0 Å². The van der Waals surface area contributed by atoms with Crippen molar-refractivity contribution in [2.45, 2.75) is 6.42 Å². The van der Waals surface area contributed by atoms with Gasteiger partial charge in [-0.3, -0.25) is 4.98 Å². The number of amides is 2. The number of ether oxygens (including phenoxy) is 2. The molecule has 9 nitrogen and oxygen atoms in total. The molecule has 2 aromatic heterocycles. The maximum absolute atomic E-state index is 12.6. The van der Waals surface area contributed by atoms with Gasteiger partial charge in [0.15, 0.2) is 0 Å². The minimum Gasteiger partial charge on any atom is -0.497 e. The zero-order chi connectivity index (χ0) is 22.3. The van der Waals surface area contributed by atoms with Gasteiger partial charge in [-0.05, 0) is 23.8 Å². The molecule has 2 amide bonds. The smallest absolute Gasteiger partial charge is 0.323 e. The first-order chi connectivity index (χ1) is 15.6. The van der Waals surface area contributed by atoms with Crippen molar-refractivity contribution in [2.24, 2.45) is 0 Å². The van der Waals surface area contributed by atoms with Crippen molar-refractivity contribution in [3.63, 3.8) is 0 Å². The maximum atomic E-state index is 12.6. The number of carbonyl (C=O) groups is 1. The van der Waals surface area contributed by atoms with Gasteiger partial charge in [-0.15, -0.1) is 0 Å². The van der Waals surface area contributed by atoms with Crippen LogP contribution in [0.3, 0.4) is 0 Å². The molecule has 0 unspecified atom stereocenters. The molecule has 0 aliphatic carbocycles. The Bertz CT molecular complexity index is 1190. The number of hydrogen-bond donors (Lipinski definition) is 2. The minimum atomic E-state index is -0.407. The number of anilines is 2. The second-order valence-electron chi connectivity index (χ2n) is 6.76. The molecule has 0 aliphatic rings. The van der Waals surface area contributed by atoms with E-state index in [-0.39, 0.29) is 0 Å². The van der Waals surface area contributed by atoms with E-state index < -0.39 is 6.03 Å². The molecule has 0 aliphatic heterocycles. The molecule has 2 N–H and O–H groups in total. The van der Waals surface area contributed by atoms with Crippen LogP contribution >= 0.6 is 0 Å². The number of para-hydroxylation sites is 1. The van der Waals surface area contributed by atoms with Crippen LogP contribution in [0.25, 0.3) is 11.4 Å². The summed E-state index contributed by atoms with van der Waals surface area (Å²) in [6.07, 6.45) is 3.70. The lowest BCUT2D eigenvalue weighted by atomic mass is 10.1. The fourth-order valence-corrected chi connectivity index (χ4v) is 3.07. The lowest BCUT2D eigenvalue weighted by Gasteiger charge is -2.12. The fourth-order valence-electron chi connectivity index (χ4n) is 3.07. The molecule has 0 saturated heterocycles. The molecule has 162 valence electrons. The largest absolute Gasteiger partial charge is 0.497 e. The van der Waals surface area contributed by atoms with E-state index in [1.165, 1.54) is 0 Å². The number of methoxy groups -OCH3 is 2. The number of nitrogens with zero attached hydrogens (tertiary/aromatic N) is 3. The second-order valence-corrected chi connectivity index (χ2v) is 6.76. The fraction of sp³-hybridized carbons (Fsp3) is 0.130. The monoisotopic (exact) mass is 431 g/mol. The van der Waals surface area contributed by atoms with Crippen LogP contribution in [0.4, 0.5) is 16.2 Å². The minimum absolute atomic E-state index is 0.363. The molecule has 0 spiro atoms. The molecule has 4 aromatic rings. The van der Waals surface area contributed by atoms with E-state index in [4.69, 9.17) is 14.0 Å². The van der Waals surface area contributed by atoms with Gasteiger partial charge in [-0.1, -0.05) is 23.4 Å². The van der Waals surface area contributed by atoms with Crippen molar-refractivity contribution in [1.29, 1.82) is 0 Å². The Kier molecular flexibility index (Phi) is 6.26. The van der Waals surface area contributed by atoms with Crippen LogP contribution in [0.5, 0.6) is 11.5 Å². The highest BCUT2D eigenvalue weighted by Crippen LogP contribution is 2.26. The van der Waals surface area contributed by atoms with Crippen molar-refractivity contribution in [3.05, 3.63) is 78.4 Å². The Balaban J connectivity index is 1.47. The van der Waals surface area contributed by atoms with Gasteiger partial charge in [0, 0.05) is 47.5 Å². The van der Waals surface area contributed by atoms with Crippen molar-refractivity contribution in [2.75, 3.05) is 24.9 Å². The molecule has 32 heavy (non-hydrogen) atoms. The summed E-state index contributed by atoms with van der Waals surface area (Å²) in [5, 5.41) is 9.68. The van der Waals surface area contributed by atoms with Gasteiger partial charge in [0.05, 0.1) is 20.6 Å². The molecule has 0 radical (unpaired) electrons. The molecule has 2 aromatic carbocycles. The summed E-state index contributed by atoms with van der Waals surface area (Å²) in [5.41, 5.74) is 2.81. The second kappa shape index (κ2) is 9.61. The molecule has 0 fully saturated rings. The predicted octanol–water partition coefficient (Wildman–Crippen LogP) is 4.38. The Morgan fingerprint density at radius 2 is 1.69 bits per heavy atom. The summed E-state index contributed by atoms with van der Waals surface area (Å²) in [7, 11) is 3.10. The van der Waals surface area contributed by atoms with Crippen LogP contribution in [0.2, 0.25) is 0 Å². The molecule has 2 heterocycles. The third-order valence-corrected chi connectivity index (χ3v) is 4.62. The van der Waals surface area contributed by atoms with Gasteiger partial charge in [0.1, 0.15) is 11.5 Å². The summed E-state index contributed by atoms with van der Waals surface area (Å²) in [5.74, 6) is 2.06. The molecule has 0 atom stereocenters. The Morgan fingerprint density at radius 1 is 0.969 bits per heavy atom. The summed E-state index contributed by atoms with van der Waals surface area (Å²) >= 11 is 0. The first-order valence-electron chi connectivity index (χ1n) is 9.76. The van der Waals surface area contributed by atoms with Crippen LogP contribution in [0.1, 0.15) is 11.5 Å². The van der Waals surface area contributed by atoms with Crippen molar-refractivity contribution in [1.82, 2.24) is 15.1 Å². The number of aromatic nitrogens is 3. The summed E-state index contributed by atoms with van der Waals surface area (Å²) < 4.78 is 15.9. The highest BCUT2D eigenvalue weighted by atomic mass is 16.5. The normalized spacial score (nSPS) is 10.4. The van der Waals surface area contributed by atoms with Gasteiger partial charge in [-0.25, -0.2) is 4.79 Å². The Hall–Kier alpha value is -4.40. The first kappa shape index (κ1) is 20.9. The predicted molar refractivity (Wildman–Crippen MR) is 119 cm³/mol. The van der Waals surface area contributed by atoms with E-state index in [2.05, 4.69) is 25.8 Å². The van der Waals surface area contributed by atoms with Gasteiger partial charge < -0.3 is 24.6 Å². The number of benzene rings is 2. The quantitative estimate of drug-likeness (QED) is 0.446. The summed E-state index contributed by atoms with van der Waals surface area (Å²) in [6.45, 7) is 0. The highest BCUT2D eigenvalue weighted by Gasteiger charge is 2.13. The van der Waals surface area contributed by atoms with Crippen molar-refractivity contribution >= 4 is 17.4 Å². The third-order valence-electron chi connectivity index (χ3n) is 4.62. The van der Waals surface area contributed by atoms with Crippen molar-refractivity contribution in [3.8, 4) is 22.9 Å². The molecule has 0 bridgehead atoms. The van der Waals surface area contributed by atoms with Gasteiger partial charge in [0.25, 0.3) is 0 Å². The number of nitrogens with one attached hydrogen (secondary N) is 2. The number of urea groups is 1. The Morgan fingerprint density at radius 3 is 2.41 bits per heavy atom. The summed E-state index contributed by atoms with van der Waals surface area (Å²) in [4.78, 5) is 21.0. The number of hydrogen-bond acceptors (Lipinski definition) is 7. The third kappa shape index (κ3) is 5.01. The zero-order valence-corrected chi connectivity index (χ0v) is 17.5. The van der Waals surface area contributed by atoms with Gasteiger partial charge >= 0.3 is 6.03 Å². The first-order valence-corrected chi connectivity index (χ1v) is 9.76. The average molecular weight is 431 g/mol.